The van der Waals surface area contributed by atoms with Gasteiger partial charge in [-0.1, -0.05) is 22.0 Å². The molecule has 0 fully saturated rings. The molecule has 0 aliphatic rings. The molecule has 0 saturated heterocycles. The van der Waals surface area contributed by atoms with E-state index in [0.29, 0.717) is 9.86 Å². The van der Waals surface area contributed by atoms with Crippen LogP contribution in [-0.2, 0) is 22.5 Å². The first-order valence-electron chi connectivity index (χ1n) is 5.96. The number of esters is 1. The van der Waals surface area contributed by atoms with Crippen LogP contribution in [0.25, 0.3) is 10.8 Å². The summed E-state index contributed by atoms with van der Waals surface area (Å²) in [6, 6.07) is 4.71. The fourth-order valence-corrected chi connectivity index (χ4v) is 2.28. The number of ether oxygens (including phenoxy) is 1. The molecule has 0 unspecified atom stereocenters. The van der Waals surface area contributed by atoms with E-state index in [0.717, 1.165) is 4.68 Å². The summed E-state index contributed by atoms with van der Waals surface area (Å²) in [7, 11) is 1.17. The van der Waals surface area contributed by atoms with E-state index in [4.69, 9.17) is 0 Å². The third-order valence-corrected chi connectivity index (χ3v) is 3.35. The lowest BCUT2D eigenvalue weighted by molar-refractivity contribution is -0.141. The Kier molecular flexibility index (Phi) is 4.66. The number of benzene rings is 1. The Hall–Kier alpha value is -1.83. The predicted octanol–water partition coefficient (Wildman–Crippen LogP) is 2.14. The second kappa shape index (κ2) is 6.30. The maximum Gasteiger partial charge on any atom is 0.327 e. The van der Waals surface area contributed by atoms with E-state index in [2.05, 4.69) is 25.8 Å². The minimum atomic E-state index is -2.60. The summed E-state index contributed by atoms with van der Waals surface area (Å²) in [5.74, 6) is -0.679. The zero-order valence-corrected chi connectivity index (χ0v) is 12.6. The average molecular weight is 361 g/mol. The molecule has 112 valence electrons. The van der Waals surface area contributed by atoms with E-state index in [9.17, 15) is 18.4 Å². The Morgan fingerprint density at radius 1 is 1.43 bits per heavy atom. The Bertz CT molecular complexity index is 746. The van der Waals surface area contributed by atoms with E-state index in [-0.39, 0.29) is 11.1 Å². The first-order chi connectivity index (χ1) is 9.92. The van der Waals surface area contributed by atoms with Crippen LogP contribution in [0.1, 0.15) is 5.69 Å². The SMILES string of the molecule is COC(=O)Cn1nc(CC(F)F)c2ccc(Br)cc2c1=O. The minimum Gasteiger partial charge on any atom is -0.468 e. The van der Waals surface area contributed by atoms with Gasteiger partial charge in [-0.3, -0.25) is 9.59 Å². The normalized spacial score (nSPS) is 11.1. The molecule has 0 spiro atoms. The summed E-state index contributed by atoms with van der Waals surface area (Å²) >= 11 is 3.22. The predicted molar refractivity (Wildman–Crippen MR) is 75.4 cm³/mol. The molecule has 2 rings (SSSR count). The standard InChI is InChI=1S/C13H11BrF2N2O3/c1-21-12(19)6-18-13(20)9-4-7(14)2-3-8(9)10(17-18)5-11(15)16/h2-4,11H,5-6H2,1H3. The average Bonchev–Trinajstić information content (AvgIpc) is 2.43. The molecule has 5 nitrogen and oxygen atoms in total. The molecule has 1 aromatic carbocycles. The van der Waals surface area contributed by atoms with Crippen molar-refractivity contribution >= 4 is 32.7 Å². The van der Waals surface area contributed by atoms with Crippen LogP contribution in [0.15, 0.2) is 27.5 Å². The lowest BCUT2D eigenvalue weighted by Crippen LogP contribution is -2.29. The van der Waals surface area contributed by atoms with Gasteiger partial charge in [0, 0.05) is 9.86 Å². The Balaban J connectivity index is 2.67. The van der Waals surface area contributed by atoms with Gasteiger partial charge in [0.25, 0.3) is 5.56 Å². The van der Waals surface area contributed by atoms with Crippen LogP contribution in [0.5, 0.6) is 0 Å². The van der Waals surface area contributed by atoms with Crippen molar-refractivity contribution in [3.8, 4) is 0 Å². The fraction of sp³-hybridized carbons (Fsp3) is 0.308. The molecule has 0 N–H and O–H groups in total. The highest BCUT2D eigenvalue weighted by molar-refractivity contribution is 9.10. The molecule has 0 bridgehead atoms. The maximum atomic E-state index is 12.7. The molecule has 0 amide bonds. The molecule has 0 aliphatic carbocycles. The number of methoxy groups -OCH3 is 1. The van der Waals surface area contributed by atoms with E-state index >= 15 is 0 Å². The summed E-state index contributed by atoms with van der Waals surface area (Å²) in [6.45, 7) is -0.423. The summed E-state index contributed by atoms with van der Waals surface area (Å²) in [5, 5.41) is 4.44. The molecule has 1 heterocycles. The number of hydrogen-bond acceptors (Lipinski definition) is 4. The van der Waals surface area contributed by atoms with Crippen LogP contribution in [0.3, 0.4) is 0 Å². The first kappa shape index (κ1) is 15.6. The van der Waals surface area contributed by atoms with Gasteiger partial charge in [0.05, 0.1) is 24.6 Å². The number of fused-ring (bicyclic) bond motifs is 1. The van der Waals surface area contributed by atoms with Crippen molar-refractivity contribution in [3.05, 3.63) is 38.7 Å². The van der Waals surface area contributed by atoms with Gasteiger partial charge in [0.15, 0.2) is 0 Å². The van der Waals surface area contributed by atoms with Crippen molar-refractivity contribution in [2.45, 2.75) is 19.4 Å². The van der Waals surface area contributed by atoms with Crippen LogP contribution < -0.4 is 5.56 Å². The summed E-state index contributed by atoms with van der Waals surface area (Å²) in [5.41, 5.74) is -0.467. The molecule has 8 heteroatoms. The number of carbonyl (C=O) groups excluding carboxylic acids is 1. The van der Waals surface area contributed by atoms with Crippen LogP contribution in [0.2, 0.25) is 0 Å². The molecule has 0 radical (unpaired) electrons. The number of rotatable bonds is 4. The highest BCUT2D eigenvalue weighted by atomic mass is 79.9. The Labute approximate surface area is 126 Å². The van der Waals surface area contributed by atoms with Gasteiger partial charge >= 0.3 is 5.97 Å². The van der Waals surface area contributed by atoms with Gasteiger partial charge < -0.3 is 4.74 Å². The minimum absolute atomic E-state index is 0.0657. The van der Waals surface area contributed by atoms with Gasteiger partial charge in [-0.25, -0.2) is 13.5 Å². The van der Waals surface area contributed by atoms with Gasteiger partial charge in [0.2, 0.25) is 6.43 Å². The molecule has 1 aromatic heterocycles. The lowest BCUT2D eigenvalue weighted by atomic mass is 10.1. The quantitative estimate of drug-likeness (QED) is 0.783. The molecule has 2 aromatic rings. The zero-order valence-electron chi connectivity index (χ0n) is 11.0. The third kappa shape index (κ3) is 3.44. The van der Waals surface area contributed by atoms with Gasteiger partial charge in [0.1, 0.15) is 6.54 Å². The second-order valence-corrected chi connectivity index (χ2v) is 5.19. The van der Waals surface area contributed by atoms with E-state index < -0.39 is 30.9 Å². The van der Waals surface area contributed by atoms with E-state index in [1.165, 1.54) is 13.2 Å². The van der Waals surface area contributed by atoms with Crippen LogP contribution >= 0.6 is 15.9 Å². The molecule has 21 heavy (non-hydrogen) atoms. The highest BCUT2D eigenvalue weighted by Gasteiger charge is 2.16. The van der Waals surface area contributed by atoms with E-state index in [1.54, 1.807) is 12.1 Å². The third-order valence-electron chi connectivity index (χ3n) is 2.85. The molecular weight excluding hydrogens is 350 g/mol. The number of nitrogens with zero attached hydrogens (tertiary/aromatic N) is 2. The summed E-state index contributed by atoms with van der Waals surface area (Å²) < 4.78 is 31.3. The topological polar surface area (TPSA) is 61.2 Å². The second-order valence-electron chi connectivity index (χ2n) is 4.27. The van der Waals surface area contributed by atoms with Crippen LogP contribution in [0, 0.1) is 0 Å². The molecule has 0 saturated carbocycles. The van der Waals surface area contributed by atoms with Crippen molar-refractivity contribution in [2.24, 2.45) is 0 Å². The number of aromatic nitrogens is 2. The Morgan fingerprint density at radius 2 is 2.14 bits per heavy atom. The summed E-state index contributed by atoms with van der Waals surface area (Å²) in [4.78, 5) is 23.5. The van der Waals surface area contributed by atoms with Crippen LogP contribution in [-0.4, -0.2) is 29.3 Å². The largest absolute Gasteiger partial charge is 0.468 e. The van der Waals surface area contributed by atoms with Crippen molar-refractivity contribution in [1.82, 2.24) is 9.78 Å². The van der Waals surface area contributed by atoms with E-state index in [1.807, 2.05) is 0 Å². The van der Waals surface area contributed by atoms with Crippen molar-refractivity contribution in [1.29, 1.82) is 0 Å². The highest BCUT2D eigenvalue weighted by Crippen LogP contribution is 2.20. The maximum absolute atomic E-state index is 12.7. The molecule has 0 atom stereocenters. The molecular formula is C13H11BrF2N2O3. The van der Waals surface area contributed by atoms with Gasteiger partial charge in [-0.2, -0.15) is 5.10 Å². The molecule has 0 aliphatic heterocycles. The Morgan fingerprint density at radius 3 is 2.76 bits per heavy atom. The summed E-state index contributed by atoms with van der Waals surface area (Å²) in [6.07, 6.45) is -3.20. The first-order valence-corrected chi connectivity index (χ1v) is 6.76. The number of hydrogen-bond donors (Lipinski definition) is 0. The van der Waals surface area contributed by atoms with Gasteiger partial charge in [-0.15, -0.1) is 0 Å². The number of alkyl halides is 2. The van der Waals surface area contributed by atoms with Crippen molar-refractivity contribution < 1.29 is 18.3 Å². The lowest BCUT2D eigenvalue weighted by Gasteiger charge is -2.10. The fourth-order valence-electron chi connectivity index (χ4n) is 1.92. The number of carbonyl (C=O) groups is 1. The van der Waals surface area contributed by atoms with Crippen LogP contribution in [0.4, 0.5) is 8.78 Å². The van der Waals surface area contributed by atoms with Gasteiger partial charge in [-0.05, 0) is 12.1 Å². The van der Waals surface area contributed by atoms with Crippen molar-refractivity contribution in [2.75, 3.05) is 7.11 Å². The zero-order chi connectivity index (χ0) is 15.6. The smallest absolute Gasteiger partial charge is 0.327 e. The number of halogens is 3. The van der Waals surface area contributed by atoms with Crippen molar-refractivity contribution in [3.63, 3.8) is 0 Å². The monoisotopic (exact) mass is 360 g/mol.